The number of hydrogen-bond donors (Lipinski definition) is 1. The van der Waals surface area contributed by atoms with Crippen LogP contribution in [-0.4, -0.2) is 26.4 Å². The number of nitrogens with zero attached hydrogens (tertiary/aromatic N) is 3. The Hall–Kier alpha value is -2.60. The molecule has 0 aliphatic heterocycles. The lowest BCUT2D eigenvalue weighted by atomic mass is 10.0. The Bertz CT molecular complexity index is 890. The van der Waals surface area contributed by atoms with Crippen molar-refractivity contribution < 1.29 is 4.79 Å². The predicted molar refractivity (Wildman–Crippen MR) is 103 cm³/mol. The monoisotopic (exact) mass is 364 g/mol. The molecule has 0 saturated heterocycles. The molecule has 4 rings (SSSR count). The van der Waals surface area contributed by atoms with Crippen LogP contribution in [0, 0.1) is 0 Å². The Morgan fingerprint density at radius 3 is 2.69 bits per heavy atom. The number of nitrogens with one attached hydrogen (secondary N) is 1. The molecule has 2 aromatic carbocycles. The highest BCUT2D eigenvalue weighted by atomic mass is 32.2. The van der Waals surface area contributed by atoms with Crippen LogP contribution in [-0.2, 0) is 11.2 Å². The molecular formula is C20H20N4OS. The highest BCUT2D eigenvalue weighted by Gasteiger charge is 2.26. The van der Waals surface area contributed by atoms with Crippen LogP contribution >= 0.6 is 11.8 Å². The lowest BCUT2D eigenvalue weighted by Crippen LogP contribution is -2.16. The van der Waals surface area contributed by atoms with Crippen LogP contribution in [0.4, 0.5) is 5.69 Å². The van der Waals surface area contributed by atoms with E-state index < -0.39 is 0 Å². The molecule has 1 aromatic heterocycles. The van der Waals surface area contributed by atoms with Crippen molar-refractivity contribution in [3.05, 3.63) is 72.1 Å². The predicted octanol–water partition coefficient (Wildman–Crippen LogP) is 3.93. The standard InChI is InChI=1S/C20H20N4OS/c25-19(13-26-20-23-21-14-24(20)17-10-11-17)22-18-9-5-4-8-16(18)12-15-6-2-1-3-7-15/h1-9,14,17H,10-13H2,(H,22,25). The maximum absolute atomic E-state index is 12.4. The quantitative estimate of drug-likeness (QED) is 0.645. The average molecular weight is 364 g/mol. The molecule has 5 nitrogen and oxygen atoms in total. The molecule has 1 saturated carbocycles. The van der Waals surface area contributed by atoms with Crippen molar-refractivity contribution in [3.8, 4) is 0 Å². The maximum Gasteiger partial charge on any atom is 0.234 e. The maximum atomic E-state index is 12.4. The summed E-state index contributed by atoms with van der Waals surface area (Å²) in [6.45, 7) is 0. The van der Waals surface area contributed by atoms with Crippen LogP contribution in [0.25, 0.3) is 0 Å². The van der Waals surface area contributed by atoms with Crippen molar-refractivity contribution in [2.75, 3.05) is 11.1 Å². The number of thioether (sulfide) groups is 1. The van der Waals surface area contributed by atoms with Gasteiger partial charge >= 0.3 is 0 Å². The van der Waals surface area contributed by atoms with Gasteiger partial charge in [0.15, 0.2) is 5.16 Å². The number of carbonyl (C=O) groups is 1. The molecule has 0 spiro atoms. The van der Waals surface area contributed by atoms with Gasteiger partial charge in [-0.1, -0.05) is 60.3 Å². The van der Waals surface area contributed by atoms with Gasteiger partial charge in [-0.3, -0.25) is 4.79 Å². The zero-order chi connectivity index (χ0) is 17.8. The summed E-state index contributed by atoms with van der Waals surface area (Å²) in [6, 6.07) is 18.7. The number of benzene rings is 2. The van der Waals surface area contributed by atoms with Gasteiger partial charge < -0.3 is 9.88 Å². The second-order valence-corrected chi connectivity index (χ2v) is 7.35. The normalized spacial score (nSPS) is 13.5. The van der Waals surface area contributed by atoms with Crippen LogP contribution in [0.5, 0.6) is 0 Å². The van der Waals surface area contributed by atoms with Crippen molar-refractivity contribution in [1.29, 1.82) is 0 Å². The molecular weight excluding hydrogens is 344 g/mol. The number of aromatic nitrogens is 3. The summed E-state index contributed by atoms with van der Waals surface area (Å²) in [7, 11) is 0. The van der Waals surface area contributed by atoms with Crippen molar-refractivity contribution in [2.24, 2.45) is 0 Å². The van der Waals surface area contributed by atoms with E-state index in [0.29, 0.717) is 11.8 Å². The van der Waals surface area contributed by atoms with Gasteiger partial charge in [-0.2, -0.15) is 0 Å². The van der Waals surface area contributed by atoms with Crippen LogP contribution in [0.2, 0.25) is 0 Å². The first-order valence-corrected chi connectivity index (χ1v) is 9.72. The van der Waals surface area contributed by atoms with Crippen molar-refractivity contribution in [2.45, 2.75) is 30.5 Å². The molecule has 3 aromatic rings. The molecule has 1 aliphatic carbocycles. The number of hydrogen-bond acceptors (Lipinski definition) is 4. The van der Waals surface area contributed by atoms with Crippen molar-refractivity contribution in [3.63, 3.8) is 0 Å². The Labute approximate surface area is 156 Å². The van der Waals surface area contributed by atoms with Gasteiger partial charge in [0, 0.05) is 11.7 Å². The summed E-state index contributed by atoms with van der Waals surface area (Å²) >= 11 is 1.44. The van der Waals surface area contributed by atoms with E-state index in [9.17, 15) is 4.79 Å². The van der Waals surface area contributed by atoms with Gasteiger partial charge in [0.2, 0.25) is 5.91 Å². The SMILES string of the molecule is O=C(CSc1nncn1C1CC1)Nc1ccccc1Cc1ccccc1. The fraction of sp³-hybridized carbons (Fsp3) is 0.250. The molecule has 1 N–H and O–H groups in total. The lowest BCUT2D eigenvalue weighted by molar-refractivity contribution is -0.113. The van der Waals surface area contributed by atoms with E-state index in [1.165, 1.54) is 30.2 Å². The van der Waals surface area contributed by atoms with Gasteiger partial charge in [-0.25, -0.2) is 0 Å². The Morgan fingerprint density at radius 2 is 1.88 bits per heavy atom. The summed E-state index contributed by atoms with van der Waals surface area (Å²) in [4.78, 5) is 12.4. The second kappa shape index (κ2) is 7.74. The first kappa shape index (κ1) is 16.8. The lowest BCUT2D eigenvalue weighted by Gasteiger charge is -2.11. The molecule has 0 bridgehead atoms. The van der Waals surface area contributed by atoms with E-state index in [2.05, 4.69) is 38.3 Å². The molecule has 0 atom stereocenters. The van der Waals surface area contributed by atoms with Crippen molar-refractivity contribution >= 4 is 23.4 Å². The first-order valence-electron chi connectivity index (χ1n) is 8.73. The summed E-state index contributed by atoms with van der Waals surface area (Å²) in [5, 5.41) is 12.0. The average Bonchev–Trinajstić information content (AvgIpc) is 3.40. The topological polar surface area (TPSA) is 59.8 Å². The van der Waals surface area contributed by atoms with E-state index in [0.717, 1.165) is 22.8 Å². The molecule has 132 valence electrons. The van der Waals surface area contributed by atoms with E-state index in [1.54, 1.807) is 6.33 Å². The van der Waals surface area contributed by atoms with Crippen LogP contribution in [0.15, 0.2) is 66.1 Å². The van der Waals surface area contributed by atoms with E-state index in [-0.39, 0.29) is 5.91 Å². The van der Waals surface area contributed by atoms with E-state index in [4.69, 9.17) is 0 Å². The summed E-state index contributed by atoms with van der Waals surface area (Å²) < 4.78 is 2.07. The third-order valence-electron chi connectivity index (χ3n) is 4.34. The zero-order valence-electron chi connectivity index (χ0n) is 14.3. The molecule has 0 unspecified atom stereocenters. The Morgan fingerprint density at radius 1 is 1.12 bits per heavy atom. The minimum atomic E-state index is -0.0270. The number of rotatable bonds is 7. The largest absolute Gasteiger partial charge is 0.325 e. The molecule has 1 fully saturated rings. The number of amides is 1. The zero-order valence-corrected chi connectivity index (χ0v) is 15.2. The molecule has 1 aliphatic rings. The molecule has 26 heavy (non-hydrogen) atoms. The third-order valence-corrected chi connectivity index (χ3v) is 5.30. The second-order valence-electron chi connectivity index (χ2n) is 6.41. The highest BCUT2D eigenvalue weighted by Crippen LogP contribution is 2.37. The summed E-state index contributed by atoms with van der Waals surface area (Å²) in [6.07, 6.45) is 4.89. The summed E-state index contributed by atoms with van der Waals surface area (Å²) in [5.41, 5.74) is 3.20. The van der Waals surface area contributed by atoms with Crippen LogP contribution in [0.3, 0.4) is 0 Å². The smallest absolute Gasteiger partial charge is 0.234 e. The third kappa shape index (κ3) is 4.14. The van der Waals surface area contributed by atoms with Crippen LogP contribution in [0.1, 0.15) is 30.0 Å². The first-order chi connectivity index (χ1) is 12.8. The summed E-state index contributed by atoms with van der Waals surface area (Å²) in [5.74, 6) is 0.298. The van der Waals surface area contributed by atoms with Crippen LogP contribution < -0.4 is 5.32 Å². The number of carbonyl (C=O) groups excluding carboxylic acids is 1. The highest BCUT2D eigenvalue weighted by molar-refractivity contribution is 7.99. The number of anilines is 1. The minimum absolute atomic E-state index is 0.0270. The van der Waals surface area contributed by atoms with Gasteiger partial charge in [-0.05, 0) is 36.5 Å². The van der Waals surface area contributed by atoms with Crippen molar-refractivity contribution in [1.82, 2.24) is 14.8 Å². The van der Waals surface area contributed by atoms with E-state index in [1.807, 2.05) is 36.4 Å². The Kier molecular flexibility index (Phi) is 5.02. The molecule has 0 radical (unpaired) electrons. The number of para-hydroxylation sites is 1. The molecule has 1 heterocycles. The van der Waals surface area contributed by atoms with Gasteiger partial charge in [0.25, 0.3) is 0 Å². The van der Waals surface area contributed by atoms with Gasteiger partial charge in [0.05, 0.1) is 5.75 Å². The minimum Gasteiger partial charge on any atom is -0.325 e. The fourth-order valence-electron chi connectivity index (χ4n) is 2.87. The fourth-order valence-corrected chi connectivity index (χ4v) is 3.65. The van der Waals surface area contributed by atoms with E-state index >= 15 is 0 Å². The molecule has 6 heteroatoms. The molecule has 1 amide bonds. The Balaban J connectivity index is 1.39. The van der Waals surface area contributed by atoms with Gasteiger partial charge in [-0.15, -0.1) is 10.2 Å². The van der Waals surface area contributed by atoms with Gasteiger partial charge in [0.1, 0.15) is 6.33 Å².